The van der Waals surface area contributed by atoms with Gasteiger partial charge >= 0.3 is 5.97 Å². The number of carbonyl (C=O) groups excluding carboxylic acids is 2. The summed E-state index contributed by atoms with van der Waals surface area (Å²) in [6.45, 7) is 3.33. The highest BCUT2D eigenvalue weighted by atomic mass is 35.5. The van der Waals surface area contributed by atoms with Gasteiger partial charge in [0, 0.05) is 17.3 Å². The Balaban J connectivity index is 1.55. The maximum atomic E-state index is 12.0. The number of rotatable bonds is 7. The molecule has 2 heterocycles. The van der Waals surface area contributed by atoms with Crippen molar-refractivity contribution >= 4 is 45.1 Å². The average Bonchev–Trinajstić information content (AvgIpc) is 3.23. The van der Waals surface area contributed by atoms with E-state index in [0.717, 1.165) is 18.1 Å². The van der Waals surface area contributed by atoms with Crippen LogP contribution in [-0.4, -0.2) is 48.2 Å². The fraction of sp³-hybridized carbons (Fsp3) is 0.381. The molecule has 0 bridgehead atoms. The molecule has 1 aliphatic heterocycles. The van der Waals surface area contributed by atoms with Crippen molar-refractivity contribution in [1.29, 1.82) is 0 Å². The molecule has 0 aliphatic carbocycles. The predicted octanol–water partition coefficient (Wildman–Crippen LogP) is 2.96. The molecule has 0 spiro atoms. The summed E-state index contributed by atoms with van der Waals surface area (Å²) in [5.41, 5.74) is 2.84. The summed E-state index contributed by atoms with van der Waals surface area (Å²) in [5, 5.41) is 7.24. The van der Waals surface area contributed by atoms with Crippen molar-refractivity contribution in [3.8, 4) is 0 Å². The molecule has 31 heavy (non-hydrogen) atoms. The second kappa shape index (κ2) is 9.65. The molecule has 1 aromatic carbocycles. The Morgan fingerprint density at radius 3 is 2.65 bits per heavy atom. The van der Waals surface area contributed by atoms with Crippen LogP contribution in [0, 0.1) is 6.92 Å². The Kier molecular flexibility index (Phi) is 7.17. The Morgan fingerprint density at radius 1 is 1.32 bits per heavy atom. The number of hydrogen-bond donors (Lipinski definition) is 1. The second-order valence-electron chi connectivity index (χ2n) is 7.33. The molecule has 10 heteroatoms. The highest BCUT2D eigenvalue weighted by Gasteiger charge is 2.31. The molecule has 3 rings (SSSR count). The zero-order valence-corrected chi connectivity index (χ0v) is 18.9. The molecule has 1 fully saturated rings. The molecular weight excluding hydrogens is 442 g/mol. The van der Waals surface area contributed by atoms with Crippen LogP contribution < -0.4 is 5.32 Å². The van der Waals surface area contributed by atoms with Gasteiger partial charge in [-0.25, -0.2) is 17.9 Å². The predicted molar refractivity (Wildman–Crippen MR) is 119 cm³/mol. The van der Waals surface area contributed by atoms with Crippen LogP contribution in [-0.2, 0) is 30.6 Å². The van der Waals surface area contributed by atoms with Crippen molar-refractivity contribution in [2.75, 3.05) is 23.4 Å². The molecule has 0 radical (unpaired) electrons. The van der Waals surface area contributed by atoms with E-state index >= 15 is 0 Å². The quantitative estimate of drug-likeness (QED) is 0.497. The van der Waals surface area contributed by atoms with Gasteiger partial charge in [-0.05, 0) is 43.5 Å². The van der Waals surface area contributed by atoms with Gasteiger partial charge < -0.3 is 10.1 Å². The van der Waals surface area contributed by atoms with Crippen LogP contribution in [0.1, 0.15) is 36.2 Å². The van der Waals surface area contributed by atoms with Crippen molar-refractivity contribution in [3.63, 3.8) is 0 Å². The second-order valence-corrected chi connectivity index (χ2v) is 9.92. The first-order valence-corrected chi connectivity index (χ1v) is 12.1. The largest absolute Gasteiger partial charge is 0.452 e. The summed E-state index contributed by atoms with van der Waals surface area (Å²) in [7, 11) is -3.08. The molecule has 166 valence electrons. The molecular formula is C21H24ClN3O5S. The van der Waals surface area contributed by atoms with E-state index in [-0.39, 0.29) is 22.7 Å². The number of hydrogen-bond acceptors (Lipinski definition) is 6. The lowest BCUT2D eigenvalue weighted by molar-refractivity contribution is -0.142. The van der Waals surface area contributed by atoms with E-state index in [4.69, 9.17) is 16.3 Å². The summed E-state index contributed by atoms with van der Waals surface area (Å²) in [6, 6.07) is 7.09. The Bertz CT molecular complexity index is 1110. The molecule has 1 aromatic heterocycles. The lowest BCUT2D eigenvalue weighted by Gasteiger charge is -2.09. The van der Waals surface area contributed by atoms with E-state index in [2.05, 4.69) is 10.4 Å². The van der Waals surface area contributed by atoms with E-state index in [1.54, 1.807) is 19.1 Å². The lowest BCUT2D eigenvalue weighted by atomic mass is 10.1. The van der Waals surface area contributed by atoms with Crippen molar-refractivity contribution in [2.45, 2.75) is 32.7 Å². The standard InChI is InChI=1S/C21H24ClN3O5S/c1-3-15-4-6-16(7-5-15)23-19(26)12-30-20(27)9-8-18-14(2)24-25(21(18)22)17-10-11-31(28,29)13-17/h4-9,17H,3,10-13H2,1-2H3,(H,23,26)/b9-8+/t17-/m1/s1. The first-order valence-electron chi connectivity index (χ1n) is 9.87. The van der Waals surface area contributed by atoms with Gasteiger partial charge in [-0.2, -0.15) is 5.10 Å². The number of nitrogens with one attached hydrogen (secondary N) is 1. The summed E-state index contributed by atoms with van der Waals surface area (Å²) >= 11 is 6.36. The van der Waals surface area contributed by atoms with Gasteiger partial charge in [-0.3, -0.25) is 4.79 Å². The smallest absolute Gasteiger partial charge is 0.331 e. The van der Waals surface area contributed by atoms with Crippen LogP contribution in [0.25, 0.3) is 6.08 Å². The van der Waals surface area contributed by atoms with Crippen LogP contribution in [0.15, 0.2) is 30.3 Å². The van der Waals surface area contributed by atoms with E-state index in [1.807, 2.05) is 19.1 Å². The summed E-state index contributed by atoms with van der Waals surface area (Å²) < 4.78 is 29.9. The Labute approximate surface area is 186 Å². The molecule has 1 N–H and O–H groups in total. The van der Waals surface area contributed by atoms with E-state index in [9.17, 15) is 18.0 Å². The van der Waals surface area contributed by atoms with Crippen molar-refractivity contribution in [3.05, 3.63) is 52.3 Å². The number of aryl methyl sites for hydroxylation is 2. The maximum absolute atomic E-state index is 12.0. The van der Waals surface area contributed by atoms with Gasteiger partial charge in [-0.1, -0.05) is 30.7 Å². The van der Waals surface area contributed by atoms with Gasteiger partial charge in [0.2, 0.25) is 0 Å². The van der Waals surface area contributed by atoms with Crippen molar-refractivity contribution in [2.24, 2.45) is 0 Å². The lowest BCUT2D eigenvalue weighted by Crippen LogP contribution is -2.20. The molecule has 1 aliphatic rings. The zero-order valence-electron chi connectivity index (χ0n) is 17.3. The van der Waals surface area contributed by atoms with E-state index in [0.29, 0.717) is 23.4 Å². The molecule has 0 saturated carbocycles. The Morgan fingerprint density at radius 2 is 2.03 bits per heavy atom. The molecule has 1 atom stereocenters. The van der Waals surface area contributed by atoms with Crippen molar-refractivity contribution in [1.82, 2.24) is 9.78 Å². The van der Waals surface area contributed by atoms with Crippen LogP contribution in [0.5, 0.6) is 0 Å². The molecule has 8 nitrogen and oxygen atoms in total. The third kappa shape index (κ3) is 5.95. The highest BCUT2D eigenvalue weighted by Crippen LogP contribution is 2.30. The van der Waals surface area contributed by atoms with Gasteiger partial charge in [0.25, 0.3) is 5.91 Å². The third-order valence-corrected chi connectivity index (χ3v) is 7.13. The minimum atomic E-state index is -3.08. The first-order chi connectivity index (χ1) is 14.7. The summed E-state index contributed by atoms with van der Waals surface area (Å²) in [5.74, 6) is -1.05. The number of amides is 1. The average molecular weight is 466 g/mol. The fourth-order valence-electron chi connectivity index (χ4n) is 3.29. The summed E-state index contributed by atoms with van der Waals surface area (Å²) in [6.07, 6.45) is 3.97. The summed E-state index contributed by atoms with van der Waals surface area (Å²) in [4.78, 5) is 23.9. The number of sulfone groups is 1. The SMILES string of the molecule is CCc1ccc(NC(=O)COC(=O)/C=C/c2c(C)nn([C@@H]3CCS(=O)(=O)C3)c2Cl)cc1. The van der Waals surface area contributed by atoms with Gasteiger partial charge in [-0.15, -0.1) is 0 Å². The number of ether oxygens (including phenoxy) is 1. The molecule has 1 amide bonds. The number of nitrogens with zero attached hydrogens (tertiary/aromatic N) is 2. The molecule has 0 unspecified atom stereocenters. The number of benzene rings is 1. The topological polar surface area (TPSA) is 107 Å². The van der Waals surface area contributed by atoms with Crippen molar-refractivity contribution < 1.29 is 22.7 Å². The fourth-order valence-corrected chi connectivity index (χ4v) is 5.36. The minimum absolute atomic E-state index is 0.00464. The van der Waals surface area contributed by atoms with Crippen LogP contribution in [0.3, 0.4) is 0 Å². The number of aromatic nitrogens is 2. The van der Waals surface area contributed by atoms with E-state index in [1.165, 1.54) is 10.8 Å². The first kappa shape index (κ1) is 23.0. The van der Waals surface area contributed by atoms with Crippen LogP contribution in [0.4, 0.5) is 5.69 Å². The molecule has 2 aromatic rings. The Hall–Kier alpha value is -2.65. The monoisotopic (exact) mass is 465 g/mol. The number of halogens is 1. The van der Waals surface area contributed by atoms with Gasteiger partial charge in [0.05, 0.1) is 23.2 Å². The third-order valence-electron chi connectivity index (χ3n) is 5.00. The van der Waals surface area contributed by atoms with E-state index < -0.39 is 28.3 Å². The number of anilines is 1. The normalized spacial score (nSPS) is 17.7. The number of carbonyl (C=O) groups is 2. The minimum Gasteiger partial charge on any atom is -0.452 e. The number of esters is 1. The van der Waals surface area contributed by atoms with Gasteiger partial charge in [0.1, 0.15) is 5.15 Å². The molecule has 1 saturated heterocycles. The van der Waals surface area contributed by atoms with Crippen LogP contribution in [0.2, 0.25) is 5.15 Å². The van der Waals surface area contributed by atoms with Gasteiger partial charge in [0.15, 0.2) is 16.4 Å². The maximum Gasteiger partial charge on any atom is 0.331 e. The zero-order chi connectivity index (χ0) is 22.6. The van der Waals surface area contributed by atoms with Crippen LogP contribution >= 0.6 is 11.6 Å². The highest BCUT2D eigenvalue weighted by molar-refractivity contribution is 7.91.